The second-order valence-corrected chi connectivity index (χ2v) is 7.93. The molecule has 7 nitrogen and oxygen atoms in total. The zero-order valence-corrected chi connectivity index (χ0v) is 17.0. The Hall–Kier alpha value is -2.54. The van der Waals surface area contributed by atoms with E-state index in [9.17, 15) is 9.59 Å². The maximum Gasteiger partial charge on any atom is 0.270 e. The number of carbonyl (C=O) groups is 2. The molecule has 1 aromatic heterocycles. The number of benzene rings is 1. The molecule has 0 spiro atoms. The lowest BCUT2D eigenvalue weighted by Gasteiger charge is -2.33. The molecule has 3 heterocycles. The van der Waals surface area contributed by atoms with Gasteiger partial charge in [-0.1, -0.05) is 0 Å². The highest BCUT2D eigenvalue weighted by molar-refractivity contribution is 5.98. The average molecular weight is 399 g/mol. The SMILES string of the molecule is COc1ccc2[nH]c(C(=O)N3CCC[C@H](CCC(=O)N4CCOCC4)C3)cc2c1. The van der Waals surface area contributed by atoms with Crippen molar-refractivity contribution in [3.05, 3.63) is 30.0 Å². The molecule has 2 fully saturated rings. The second-order valence-electron chi connectivity index (χ2n) is 7.93. The predicted molar refractivity (Wildman–Crippen MR) is 110 cm³/mol. The van der Waals surface area contributed by atoms with E-state index in [2.05, 4.69) is 4.98 Å². The van der Waals surface area contributed by atoms with E-state index in [1.807, 2.05) is 34.1 Å². The zero-order chi connectivity index (χ0) is 20.2. The number of ether oxygens (including phenoxy) is 2. The molecule has 2 aliphatic rings. The molecule has 0 radical (unpaired) electrons. The van der Waals surface area contributed by atoms with E-state index in [0.29, 0.717) is 50.9 Å². The van der Waals surface area contributed by atoms with Crippen LogP contribution in [-0.4, -0.2) is 73.1 Å². The van der Waals surface area contributed by atoms with Crippen LogP contribution in [0, 0.1) is 5.92 Å². The number of rotatable bonds is 5. The number of morpholine rings is 1. The Morgan fingerprint density at radius 2 is 2.00 bits per heavy atom. The number of nitrogens with zero attached hydrogens (tertiary/aromatic N) is 2. The Morgan fingerprint density at radius 3 is 2.79 bits per heavy atom. The average Bonchev–Trinajstić information content (AvgIpc) is 3.21. The third-order valence-corrected chi connectivity index (χ3v) is 5.99. The molecule has 2 aromatic rings. The number of hydrogen-bond acceptors (Lipinski definition) is 4. The monoisotopic (exact) mass is 399 g/mol. The van der Waals surface area contributed by atoms with E-state index in [0.717, 1.165) is 42.5 Å². The smallest absolute Gasteiger partial charge is 0.270 e. The van der Waals surface area contributed by atoms with Crippen molar-refractivity contribution < 1.29 is 19.1 Å². The van der Waals surface area contributed by atoms with Gasteiger partial charge in [-0.3, -0.25) is 9.59 Å². The summed E-state index contributed by atoms with van der Waals surface area (Å²) in [5.74, 6) is 1.39. The van der Waals surface area contributed by atoms with Crippen LogP contribution >= 0.6 is 0 Å². The van der Waals surface area contributed by atoms with Crippen molar-refractivity contribution >= 4 is 22.7 Å². The number of fused-ring (bicyclic) bond motifs is 1. The number of methoxy groups -OCH3 is 1. The third-order valence-electron chi connectivity index (χ3n) is 5.99. The molecule has 2 amide bonds. The van der Waals surface area contributed by atoms with E-state index < -0.39 is 0 Å². The lowest BCUT2D eigenvalue weighted by molar-refractivity contribution is -0.135. The molecule has 1 N–H and O–H groups in total. The number of hydrogen-bond donors (Lipinski definition) is 1. The fourth-order valence-corrected chi connectivity index (χ4v) is 4.31. The van der Waals surface area contributed by atoms with Crippen LogP contribution in [0.15, 0.2) is 24.3 Å². The fourth-order valence-electron chi connectivity index (χ4n) is 4.31. The number of piperidine rings is 1. The maximum atomic E-state index is 13.0. The number of carbonyl (C=O) groups excluding carboxylic acids is 2. The summed E-state index contributed by atoms with van der Waals surface area (Å²) in [7, 11) is 1.64. The topological polar surface area (TPSA) is 74.9 Å². The quantitative estimate of drug-likeness (QED) is 0.839. The minimum atomic E-state index is 0.0318. The third kappa shape index (κ3) is 4.56. The van der Waals surface area contributed by atoms with Gasteiger partial charge in [0.1, 0.15) is 11.4 Å². The molecule has 0 saturated carbocycles. The Bertz CT molecular complexity index is 872. The Kier molecular flexibility index (Phi) is 6.04. The van der Waals surface area contributed by atoms with Gasteiger partial charge in [0.25, 0.3) is 5.91 Å². The number of aromatic nitrogens is 1. The molecular weight excluding hydrogens is 370 g/mol. The maximum absolute atomic E-state index is 13.0. The Morgan fingerprint density at radius 1 is 1.17 bits per heavy atom. The normalized spacial score (nSPS) is 20.1. The predicted octanol–water partition coefficient (Wildman–Crippen LogP) is 2.67. The Labute approximate surface area is 170 Å². The van der Waals surface area contributed by atoms with E-state index in [1.54, 1.807) is 7.11 Å². The van der Waals surface area contributed by atoms with Crippen molar-refractivity contribution in [2.75, 3.05) is 46.5 Å². The lowest BCUT2D eigenvalue weighted by Crippen LogP contribution is -2.42. The summed E-state index contributed by atoms with van der Waals surface area (Å²) in [4.78, 5) is 32.5. The molecule has 2 saturated heterocycles. The van der Waals surface area contributed by atoms with Gasteiger partial charge in [-0.05, 0) is 49.4 Å². The molecule has 1 aromatic carbocycles. The van der Waals surface area contributed by atoms with E-state index >= 15 is 0 Å². The van der Waals surface area contributed by atoms with Crippen molar-refractivity contribution in [1.29, 1.82) is 0 Å². The van der Waals surface area contributed by atoms with Crippen LogP contribution in [0.4, 0.5) is 0 Å². The summed E-state index contributed by atoms with van der Waals surface area (Å²) in [5.41, 5.74) is 1.54. The molecular formula is C22H29N3O4. The molecule has 29 heavy (non-hydrogen) atoms. The minimum Gasteiger partial charge on any atom is -0.497 e. The second kappa shape index (κ2) is 8.86. The molecule has 0 unspecified atom stereocenters. The number of likely N-dealkylation sites (tertiary alicyclic amines) is 1. The number of aromatic amines is 1. The van der Waals surface area contributed by atoms with E-state index in [-0.39, 0.29) is 11.8 Å². The summed E-state index contributed by atoms with van der Waals surface area (Å²) >= 11 is 0. The van der Waals surface area contributed by atoms with Crippen LogP contribution < -0.4 is 4.74 Å². The molecule has 7 heteroatoms. The van der Waals surface area contributed by atoms with Gasteiger partial charge in [0.2, 0.25) is 5.91 Å². The van der Waals surface area contributed by atoms with Crippen molar-refractivity contribution in [2.24, 2.45) is 5.92 Å². The highest BCUT2D eigenvalue weighted by atomic mass is 16.5. The molecule has 4 rings (SSSR count). The van der Waals surface area contributed by atoms with Crippen molar-refractivity contribution in [3.8, 4) is 5.75 Å². The lowest BCUT2D eigenvalue weighted by atomic mass is 9.93. The van der Waals surface area contributed by atoms with Gasteiger partial charge in [0.05, 0.1) is 20.3 Å². The van der Waals surface area contributed by atoms with Gasteiger partial charge in [-0.25, -0.2) is 0 Å². The summed E-state index contributed by atoms with van der Waals surface area (Å²) in [6.07, 6.45) is 3.45. The summed E-state index contributed by atoms with van der Waals surface area (Å²) < 4.78 is 10.6. The largest absolute Gasteiger partial charge is 0.497 e. The van der Waals surface area contributed by atoms with Gasteiger partial charge in [0.15, 0.2) is 0 Å². The van der Waals surface area contributed by atoms with Gasteiger partial charge in [-0.2, -0.15) is 0 Å². The first-order valence-corrected chi connectivity index (χ1v) is 10.5. The molecule has 0 aliphatic carbocycles. The van der Waals surface area contributed by atoms with Gasteiger partial charge < -0.3 is 24.3 Å². The summed E-state index contributed by atoms with van der Waals surface area (Å²) in [6.45, 7) is 4.14. The molecule has 1 atom stereocenters. The standard InChI is InChI=1S/C22H29N3O4/c1-28-18-5-6-19-17(13-18)14-20(23-19)22(27)25-8-2-3-16(15-25)4-7-21(26)24-9-11-29-12-10-24/h5-6,13-14,16,23H,2-4,7-12,15H2,1H3/t16-/m1/s1. The number of H-pyrrole nitrogens is 1. The van der Waals surface area contributed by atoms with Crippen LogP contribution in [0.3, 0.4) is 0 Å². The van der Waals surface area contributed by atoms with E-state index in [1.165, 1.54) is 0 Å². The molecule has 0 bridgehead atoms. The zero-order valence-electron chi connectivity index (χ0n) is 17.0. The van der Waals surface area contributed by atoms with Crippen LogP contribution in [-0.2, 0) is 9.53 Å². The van der Waals surface area contributed by atoms with Crippen LogP contribution in [0.5, 0.6) is 5.75 Å². The summed E-state index contributed by atoms with van der Waals surface area (Å²) in [6, 6.07) is 7.64. The van der Waals surface area contributed by atoms with E-state index in [4.69, 9.17) is 9.47 Å². The van der Waals surface area contributed by atoms with Crippen molar-refractivity contribution in [1.82, 2.24) is 14.8 Å². The first-order chi connectivity index (χ1) is 14.1. The van der Waals surface area contributed by atoms with Gasteiger partial charge >= 0.3 is 0 Å². The molecule has 156 valence electrons. The number of amides is 2. The van der Waals surface area contributed by atoms with Crippen LogP contribution in [0.2, 0.25) is 0 Å². The fraction of sp³-hybridized carbons (Fsp3) is 0.545. The van der Waals surface area contributed by atoms with Crippen LogP contribution in [0.25, 0.3) is 10.9 Å². The first-order valence-electron chi connectivity index (χ1n) is 10.5. The Balaban J connectivity index is 1.35. The van der Waals surface area contributed by atoms with Crippen molar-refractivity contribution in [2.45, 2.75) is 25.7 Å². The number of nitrogens with one attached hydrogen (secondary N) is 1. The van der Waals surface area contributed by atoms with Gasteiger partial charge in [0, 0.05) is 43.5 Å². The van der Waals surface area contributed by atoms with Crippen molar-refractivity contribution in [3.63, 3.8) is 0 Å². The minimum absolute atomic E-state index is 0.0318. The van der Waals surface area contributed by atoms with Crippen LogP contribution in [0.1, 0.15) is 36.2 Å². The molecule has 2 aliphatic heterocycles. The highest BCUT2D eigenvalue weighted by Crippen LogP contribution is 2.25. The summed E-state index contributed by atoms with van der Waals surface area (Å²) in [5, 5.41) is 0.970. The first kappa shape index (κ1) is 19.8. The highest BCUT2D eigenvalue weighted by Gasteiger charge is 2.26. The van der Waals surface area contributed by atoms with Gasteiger partial charge in [-0.15, -0.1) is 0 Å².